The Morgan fingerprint density at radius 2 is 2.05 bits per heavy atom. The summed E-state index contributed by atoms with van der Waals surface area (Å²) in [6, 6.07) is 0.580. The van der Waals surface area contributed by atoms with Crippen LogP contribution in [0.25, 0.3) is 0 Å². The van der Waals surface area contributed by atoms with Gasteiger partial charge in [-0.3, -0.25) is 4.68 Å². The predicted octanol–water partition coefficient (Wildman–Crippen LogP) is 2.33. The van der Waals surface area contributed by atoms with Gasteiger partial charge < -0.3 is 10.4 Å². The molecule has 4 heteroatoms. The molecule has 1 aromatic rings. The number of aryl methyl sites for hydroxylation is 2. The van der Waals surface area contributed by atoms with Crippen molar-refractivity contribution >= 4 is 0 Å². The van der Waals surface area contributed by atoms with Gasteiger partial charge in [0.1, 0.15) is 0 Å². The van der Waals surface area contributed by atoms with Crippen LogP contribution in [0, 0.1) is 0 Å². The molecular weight excluding hydrogens is 238 g/mol. The number of hydrogen-bond donors (Lipinski definition) is 2. The number of nitrogens with one attached hydrogen (secondary N) is 1. The molecule has 0 radical (unpaired) electrons. The van der Waals surface area contributed by atoms with Gasteiger partial charge in [0, 0.05) is 24.8 Å². The Kier molecular flexibility index (Phi) is 5.40. The number of aliphatic hydroxyl groups excluding tert-OH is 1. The summed E-state index contributed by atoms with van der Waals surface area (Å²) in [5.74, 6) is 0. The number of rotatable bonds is 5. The number of aliphatic hydroxyl groups is 1. The van der Waals surface area contributed by atoms with Crippen molar-refractivity contribution in [1.82, 2.24) is 15.1 Å². The molecule has 0 aliphatic heterocycles. The molecule has 108 valence electrons. The van der Waals surface area contributed by atoms with Crippen LogP contribution < -0.4 is 5.32 Å². The van der Waals surface area contributed by atoms with Crippen LogP contribution in [0.2, 0.25) is 0 Å². The smallest absolute Gasteiger partial charge is 0.0670 e. The van der Waals surface area contributed by atoms with Crippen LogP contribution in [0.4, 0.5) is 0 Å². The molecule has 1 fully saturated rings. The van der Waals surface area contributed by atoms with Crippen LogP contribution in [0.5, 0.6) is 0 Å². The summed E-state index contributed by atoms with van der Waals surface area (Å²) in [5.41, 5.74) is 2.26. The van der Waals surface area contributed by atoms with E-state index in [2.05, 4.69) is 17.3 Å². The summed E-state index contributed by atoms with van der Waals surface area (Å²) >= 11 is 0. The van der Waals surface area contributed by atoms with Gasteiger partial charge in [0.15, 0.2) is 0 Å². The van der Waals surface area contributed by atoms with Gasteiger partial charge in [0.2, 0.25) is 0 Å². The van der Waals surface area contributed by atoms with E-state index in [0.717, 1.165) is 17.7 Å². The standard InChI is InChI=1S/C15H27N3O/c1-3-14-13(10-18(2)17-14)15(11-19)16-12-8-6-4-5-7-9-12/h10,12,15-16,19H,3-9,11H2,1-2H3. The van der Waals surface area contributed by atoms with Gasteiger partial charge in [-0.1, -0.05) is 32.6 Å². The second kappa shape index (κ2) is 7.06. The quantitative estimate of drug-likeness (QED) is 0.803. The fourth-order valence-corrected chi connectivity index (χ4v) is 3.09. The molecule has 4 nitrogen and oxygen atoms in total. The molecule has 0 amide bonds. The van der Waals surface area contributed by atoms with Crippen molar-refractivity contribution in [2.24, 2.45) is 7.05 Å². The van der Waals surface area contributed by atoms with Gasteiger partial charge in [-0.05, 0) is 19.3 Å². The maximum absolute atomic E-state index is 9.71. The zero-order chi connectivity index (χ0) is 13.7. The Balaban J connectivity index is 2.05. The van der Waals surface area contributed by atoms with Gasteiger partial charge in [0.05, 0.1) is 18.3 Å². The average molecular weight is 265 g/mol. The zero-order valence-corrected chi connectivity index (χ0v) is 12.2. The molecule has 0 saturated heterocycles. The first-order valence-corrected chi connectivity index (χ1v) is 7.64. The van der Waals surface area contributed by atoms with Crippen LogP contribution in [0.1, 0.15) is 62.7 Å². The maximum Gasteiger partial charge on any atom is 0.0670 e. The second-order valence-corrected chi connectivity index (χ2v) is 5.65. The van der Waals surface area contributed by atoms with Crippen molar-refractivity contribution in [1.29, 1.82) is 0 Å². The summed E-state index contributed by atoms with van der Waals surface area (Å²) < 4.78 is 1.85. The number of nitrogens with zero attached hydrogens (tertiary/aromatic N) is 2. The molecule has 2 N–H and O–H groups in total. The lowest BCUT2D eigenvalue weighted by atomic mass is 10.0. The molecular formula is C15H27N3O. The summed E-state index contributed by atoms with van der Waals surface area (Å²) in [6.07, 6.45) is 10.8. The molecule has 1 heterocycles. The third-order valence-electron chi connectivity index (χ3n) is 4.12. The summed E-state index contributed by atoms with van der Waals surface area (Å²) in [7, 11) is 1.95. The number of hydrogen-bond acceptors (Lipinski definition) is 3. The minimum atomic E-state index is 0.0340. The van der Waals surface area contributed by atoms with Crippen molar-refractivity contribution in [3.05, 3.63) is 17.5 Å². The minimum absolute atomic E-state index is 0.0340. The molecule has 0 bridgehead atoms. The lowest BCUT2D eigenvalue weighted by Crippen LogP contribution is -2.34. The van der Waals surface area contributed by atoms with Crippen molar-refractivity contribution < 1.29 is 5.11 Å². The van der Waals surface area contributed by atoms with Crippen LogP contribution in [0.3, 0.4) is 0 Å². The Morgan fingerprint density at radius 3 is 2.63 bits per heavy atom. The molecule has 1 aliphatic rings. The van der Waals surface area contributed by atoms with Crippen molar-refractivity contribution in [3.63, 3.8) is 0 Å². The monoisotopic (exact) mass is 265 g/mol. The largest absolute Gasteiger partial charge is 0.394 e. The molecule has 19 heavy (non-hydrogen) atoms. The van der Waals surface area contributed by atoms with Crippen LogP contribution in [0.15, 0.2) is 6.20 Å². The fraction of sp³-hybridized carbons (Fsp3) is 0.800. The third-order valence-corrected chi connectivity index (χ3v) is 4.12. The van der Waals surface area contributed by atoms with E-state index in [1.165, 1.54) is 38.5 Å². The fourth-order valence-electron chi connectivity index (χ4n) is 3.09. The molecule has 1 aromatic heterocycles. The Morgan fingerprint density at radius 1 is 1.37 bits per heavy atom. The van der Waals surface area contributed by atoms with E-state index in [1.807, 2.05) is 17.9 Å². The number of aromatic nitrogens is 2. The minimum Gasteiger partial charge on any atom is -0.394 e. The topological polar surface area (TPSA) is 50.1 Å². The Hall–Kier alpha value is -0.870. The van der Waals surface area contributed by atoms with Crippen molar-refractivity contribution in [2.45, 2.75) is 64.0 Å². The van der Waals surface area contributed by atoms with Gasteiger partial charge in [0.25, 0.3) is 0 Å². The molecule has 1 atom stereocenters. The SMILES string of the molecule is CCc1nn(C)cc1C(CO)NC1CCCCCC1. The van der Waals surface area contributed by atoms with Crippen LogP contribution >= 0.6 is 0 Å². The van der Waals surface area contributed by atoms with Gasteiger partial charge in [-0.15, -0.1) is 0 Å². The molecule has 1 unspecified atom stereocenters. The lowest BCUT2D eigenvalue weighted by molar-refractivity contribution is 0.227. The van der Waals surface area contributed by atoms with E-state index in [0.29, 0.717) is 6.04 Å². The highest BCUT2D eigenvalue weighted by atomic mass is 16.3. The molecule has 1 saturated carbocycles. The Labute approximate surface area is 116 Å². The molecule has 0 spiro atoms. The molecule has 0 aromatic carbocycles. The summed E-state index contributed by atoms with van der Waals surface area (Å²) in [5, 5.41) is 17.8. The zero-order valence-electron chi connectivity index (χ0n) is 12.2. The summed E-state index contributed by atoms with van der Waals surface area (Å²) in [4.78, 5) is 0. The predicted molar refractivity (Wildman–Crippen MR) is 77.0 cm³/mol. The van der Waals surface area contributed by atoms with E-state index in [-0.39, 0.29) is 12.6 Å². The van der Waals surface area contributed by atoms with Gasteiger partial charge in [-0.2, -0.15) is 5.10 Å². The second-order valence-electron chi connectivity index (χ2n) is 5.65. The normalized spacial score (nSPS) is 19.3. The average Bonchev–Trinajstić information content (AvgIpc) is 2.63. The summed E-state index contributed by atoms with van der Waals surface area (Å²) in [6.45, 7) is 2.26. The highest BCUT2D eigenvalue weighted by Gasteiger charge is 2.21. The van der Waals surface area contributed by atoms with Gasteiger partial charge >= 0.3 is 0 Å². The lowest BCUT2D eigenvalue weighted by Gasteiger charge is -2.23. The van der Waals surface area contributed by atoms with E-state index in [9.17, 15) is 5.11 Å². The van der Waals surface area contributed by atoms with Crippen LogP contribution in [-0.2, 0) is 13.5 Å². The molecule has 1 aliphatic carbocycles. The third kappa shape index (κ3) is 3.80. The van der Waals surface area contributed by atoms with E-state index in [1.54, 1.807) is 0 Å². The van der Waals surface area contributed by atoms with Crippen molar-refractivity contribution in [3.8, 4) is 0 Å². The van der Waals surface area contributed by atoms with E-state index >= 15 is 0 Å². The maximum atomic E-state index is 9.71. The highest BCUT2D eigenvalue weighted by molar-refractivity contribution is 5.21. The van der Waals surface area contributed by atoms with E-state index in [4.69, 9.17) is 0 Å². The highest BCUT2D eigenvalue weighted by Crippen LogP contribution is 2.22. The molecule has 2 rings (SSSR count). The first-order chi connectivity index (χ1) is 9.24. The first kappa shape index (κ1) is 14.5. The first-order valence-electron chi connectivity index (χ1n) is 7.64. The van der Waals surface area contributed by atoms with Crippen molar-refractivity contribution in [2.75, 3.05) is 6.61 Å². The van der Waals surface area contributed by atoms with Gasteiger partial charge in [-0.25, -0.2) is 0 Å². The van der Waals surface area contributed by atoms with Crippen LogP contribution in [-0.4, -0.2) is 27.5 Å². The Bertz CT molecular complexity index is 381. The van der Waals surface area contributed by atoms with E-state index < -0.39 is 0 Å².